The Morgan fingerprint density at radius 1 is 1.16 bits per heavy atom. The van der Waals surface area contributed by atoms with Crippen LogP contribution >= 0.6 is 0 Å². The fourth-order valence-corrected chi connectivity index (χ4v) is 3.06. The third-order valence-corrected chi connectivity index (χ3v) is 4.94. The molecule has 1 aromatic rings. The van der Waals surface area contributed by atoms with Crippen LogP contribution in [0.2, 0.25) is 0 Å². The number of aliphatic hydroxyl groups is 1. The summed E-state index contributed by atoms with van der Waals surface area (Å²) >= 11 is 0. The normalized spacial score (nSPS) is 15.2. The van der Waals surface area contributed by atoms with Crippen LogP contribution in [0.1, 0.15) is 45.1 Å². The number of hydrogen-bond donors (Lipinski definition) is 2. The lowest BCUT2D eigenvalue weighted by Crippen LogP contribution is -2.36. The third-order valence-electron chi connectivity index (χ3n) is 3.41. The van der Waals surface area contributed by atoms with Crippen LogP contribution in [-0.4, -0.2) is 26.2 Å². The first-order valence-corrected chi connectivity index (χ1v) is 8.16. The predicted octanol–water partition coefficient (Wildman–Crippen LogP) is 2.25. The molecule has 108 valence electrons. The van der Waals surface area contributed by atoms with Gasteiger partial charge in [0.05, 0.1) is 11.5 Å². The Labute approximate surface area is 115 Å². The van der Waals surface area contributed by atoms with Crippen molar-refractivity contribution in [3.8, 4) is 0 Å². The zero-order valence-electron chi connectivity index (χ0n) is 11.8. The van der Waals surface area contributed by atoms with Crippen LogP contribution in [0.25, 0.3) is 0 Å². The van der Waals surface area contributed by atoms with Crippen LogP contribution in [0.4, 0.5) is 0 Å². The molecular weight excluding hydrogens is 262 g/mol. The maximum absolute atomic E-state index is 12.1. The summed E-state index contributed by atoms with van der Waals surface area (Å²) in [7, 11) is -3.54. The maximum Gasteiger partial charge on any atom is 0.240 e. The van der Waals surface area contributed by atoms with Gasteiger partial charge in [-0.15, -0.1) is 0 Å². The van der Waals surface area contributed by atoms with E-state index in [1.807, 2.05) is 19.1 Å². The summed E-state index contributed by atoms with van der Waals surface area (Å²) in [5.41, 5.74) is 1.13. The molecule has 1 unspecified atom stereocenters. The summed E-state index contributed by atoms with van der Waals surface area (Å²) in [5.74, 6) is 0.422. The minimum Gasteiger partial charge on any atom is -0.395 e. The van der Waals surface area contributed by atoms with Gasteiger partial charge in [0.15, 0.2) is 0 Å². The van der Waals surface area contributed by atoms with Crippen molar-refractivity contribution < 1.29 is 13.5 Å². The second kappa shape index (κ2) is 7.03. The maximum atomic E-state index is 12.1. The van der Waals surface area contributed by atoms with E-state index in [9.17, 15) is 8.42 Å². The fourth-order valence-electron chi connectivity index (χ4n) is 1.75. The molecular formula is C14H23NO3S. The van der Waals surface area contributed by atoms with E-state index in [2.05, 4.69) is 18.6 Å². The van der Waals surface area contributed by atoms with Crippen molar-refractivity contribution in [3.05, 3.63) is 29.8 Å². The molecule has 0 amide bonds. The Morgan fingerprint density at radius 3 is 2.16 bits per heavy atom. The van der Waals surface area contributed by atoms with Crippen LogP contribution in [0.15, 0.2) is 29.2 Å². The number of rotatable bonds is 7. The van der Waals surface area contributed by atoms with Crippen LogP contribution in [0.3, 0.4) is 0 Å². The molecule has 0 heterocycles. The summed E-state index contributed by atoms with van der Waals surface area (Å²) in [6.45, 7) is 5.85. The smallest absolute Gasteiger partial charge is 0.240 e. The molecule has 0 fully saturated rings. The van der Waals surface area contributed by atoms with Gasteiger partial charge in [0.2, 0.25) is 10.0 Å². The van der Waals surface area contributed by atoms with Gasteiger partial charge in [0.25, 0.3) is 0 Å². The van der Waals surface area contributed by atoms with Crippen LogP contribution in [-0.2, 0) is 10.0 Å². The number of benzene rings is 1. The Balaban J connectivity index is 2.90. The molecule has 0 aliphatic heterocycles. The van der Waals surface area contributed by atoms with Gasteiger partial charge in [0.1, 0.15) is 0 Å². The van der Waals surface area contributed by atoms with Gasteiger partial charge >= 0.3 is 0 Å². The van der Waals surface area contributed by atoms with Crippen LogP contribution < -0.4 is 4.72 Å². The Kier molecular flexibility index (Phi) is 5.97. The largest absolute Gasteiger partial charge is 0.395 e. The fraction of sp³-hybridized carbons (Fsp3) is 0.571. The highest BCUT2D eigenvalue weighted by atomic mass is 32.2. The zero-order chi connectivity index (χ0) is 14.5. The summed E-state index contributed by atoms with van der Waals surface area (Å²) in [6, 6.07) is 6.51. The SMILES string of the molecule is CCC(C)c1ccc(S(=O)(=O)N[C@@H](CC)CO)cc1. The average molecular weight is 285 g/mol. The quantitative estimate of drug-likeness (QED) is 0.807. The monoisotopic (exact) mass is 285 g/mol. The van der Waals surface area contributed by atoms with Crippen molar-refractivity contribution in [3.63, 3.8) is 0 Å². The Bertz CT molecular complexity index is 478. The second-order valence-corrected chi connectivity index (χ2v) is 6.50. The van der Waals surface area contributed by atoms with Gasteiger partial charge in [0, 0.05) is 6.04 Å². The summed E-state index contributed by atoms with van der Waals surface area (Å²) in [5, 5.41) is 9.06. The zero-order valence-corrected chi connectivity index (χ0v) is 12.6. The van der Waals surface area contributed by atoms with Gasteiger partial charge in [-0.1, -0.05) is 32.9 Å². The van der Waals surface area contributed by atoms with Crippen molar-refractivity contribution >= 4 is 10.0 Å². The van der Waals surface area contributed by atoms with E-state index in [-0.39, 0.29) is 11.5 Å². The number of nitrogens with one attached hydrogen (secondary N) is 1. The molecule has 0 aliphatic carbocycles. The van der Waals surface area contributed by atoms with Gasteiger partial charge in [-0.2, -0.15) is 0 Å². The van der Waals surface area contributed by atoms with E-state index < -0.39 is 16.1 Å². The van der Waals surface area contributed by atoms with E-state index in [4.69, 9.17) is 5.11 Å². The molecule has 0 radical (unpaired) electrons. The van der Waals surface area contributed by atoms with Gasteiger partial charge in [-0.3, -0.25) is 0 Å². The number of hydrogen-bond acceptors (Lipinski definition) is 3. The summed E-state index contributed by atoms with van der Waals surface area (Å²) < 4.78 is 26.7. The third kappa shape index (κ3) is 4.30. The first-order valence-electron chi connectivity index (χ1n) is 6.67. The predicted molar refractivity (Wildman–Crippen MR) is 76.6 cm³/mol. The molecule has 0 bridgehead atoms. The molecule has 4 nitrogen and oxygen atoms in total. The van der Waals surface area contributed by atoms with E-state index in [1.165, 1.54) is 0 Å². The summed E-state index contributed by atoms with van der Waals surface area (Å²) in [6.07, 6.45) is 1.58. The first-order chi connectivity index (χ1) is 8.94. The van der Waals surface area contributed by atoms with Gasteiger partial charge in [-0.25, -0.2) is 13.1 Å². The molecule has 2 N–H and O–H groups in total. The molecule has 5 heteroatoms. The van der Waals surface area contributed by atoms with Crippen LogP contribution in [0.5, 0.6) is 0 Å². The summed E-state index contributed by atoms with van der Waals surface area (Å²) in [4.78, 5) is 0.242. The lowest BCUT2D eigenvalue weighted by Gasteiger charge is -2.15. The Morgan fingerprint density at radius 2 is 1.74 bits per heavy atom. The number of aliphatic hydroxyl groups excluding tert-OH is 1. The molecule has 0 spiro atoms. The lowest BCUT2D eigenvalue weighted by molar-refractivity contribution is 0.254. The standard InChI is InChI=1S/C14H23NO3S/c1-4-11(3)12-6-8-14(9-7-12)19(17,18)15-13(5-2)10-16/h6-9,11,13,15-16H,4-5,10H2,1-3H3/t11?,13-/m0/s1. The minimum atomic E-state index is -3.54. The molecule has 0 aliphatic rings. The highest BCUT2D eigenvalue weighted by Crippen LogP contribution is 2.20. The van der Waals surface area contributed by atoms with Crippen molar-refractivity contribution in [1.29, 1.82) is 0 Å². The van der Waals surface area contributed by atoms with Crippen molar-refractivity contribution in [1.82, 2.24) is 4.72 Å². The van der Waals surface area contributed by atoms with Gasteiger partial charge < -0.3 is 5.11 Å². The van der Waals surface area contributed by atoms with E-state index in [1.54, 1.807) is 12.1 Å². The van der Waals surface area contributed by atoms with Crippen molar-refractivity contribution in [2.24, 2.45) is 0 Å². The molecule has 0 aromatic heterocycles. The molecule has 1 aromatic carbocycles. The van der Waals surface area contributed by atoms with Crippen molar-refractivity contribution in [2.75, 3.05) is 6.61 Å². The second-order valence-electron chi connectivity index (χ2n) is 4.79. The average Bonchev–Trinajstić information content (AvgIpc) is 2.44. The Hall–Kier alpha value is -0.910. The highest BCUT2D eigenvalue weighted by molar-refractivity contribution is 7.89. The molecule has 1 rings (SSSR count). The topological polar surface area (TPSA) is 66.4 Å². The molecule has 0 saturated carbocycles. The van der Waals surface area contributed by atoms with E-state index >= 15 is 0 Å². The highest BCUT2D eigenvalue weighted by Gasteiger charge is 2.18. The van der Waals surface area contributed by atoms with Crippen LogP contribution in [0, 0.1) is 0 Å². The molecule has 0 saturated heterocycles. The van der Waals surface area contributed by atoms with Crippen molar-refractivity contribution in [2.45, 2.75) is 50.5 Å². The minimum absolute atomic E-state index is 0.194. The van der Waals surface area contributed by atoms with E-state index in [0.717, 1.165) is 12.0 Å². The lowest BCUT2D eigenvalue weighted by atomic mass is 9.99. The van der Waals surface area contributed by atoms with E-state index in [0.29, 0.717) is 12.3 Å². The molecule has 19 heavy (non-hydrogen) atoms. The number of sulfonamides is 1. The first kappa shape index (κ1) is 16.1. The van der Waals surface area contributed by atoms with Gasteiger partial charge in [-0.05, 0) is 36.5 Å². The molecule has 2 atom stereocenters.